The predicted octanol–water partition coefficient (Wildman–Crippen LogP) is 3.65. The quantitative estimate of drug-likeness (QED) is 0.889. The van der Waals surface area contributed by atoms with Crippen LogP contribution in [0.15, 0.2) is 30.3 Å². The summed E-state index contributed by atoms with van der Waals surface area (Å²) in [5, 5.41) is 3.54. The molecule has 1 N–H and O–H groups in total. The number of nitrogens with zero attached hydrogens (tertiary/aromatic N) is 1. The molecule has 0 bridgehead atoms. The van der Waals surface area contributed by atoms with Crippen molar-refractivity contribution in [2.75, 3.05) is 32.7 Å². The largest absolute Gasteiger partial charge is 0.317 e. The zero-order valence-electron chi connectivity index (χ0n) is 13.5. The molecule has 0 amide bonds. The molecule has 0 spiro atoms. The summed E-state index contributed by atoms with van der Waals surface area (Å²) >= 11 is 0. The standard InChI is InChI=1S/C19H30N2/c1-2-9-19(10-12-20-13-11-19)16-21-14-8-18(15-21)17-6-4-3-5-7-17/h3-7,18,20H,2,8-16H2,1H3. The van der Waals surface area contributed by atoms with Crippen molar-refractivity contribution in [1.29, 1.82) is 0 Å². The number of rotatable bonds is 5. The normalized spacial score (nSPS) is 26.0. The molecule has 2 heterocycles. The Morgan fingerprint density at radius 1 is 1.19 bits per heavy atom. The van der Waals surface area contributed by atoms with Gasteiger partial charge in [-0.3, -0.25) is 0 Å². The maximum Gasteiger partial charge on any atom is 0.00510 e. The molecule has 1 aromatic rings. The van der Waals surface area contributed by atoms with Crippen molar-refractivity contribution in [3.05, 3.63) is 35.9 Å². The molecule has 2 nitrogen and oxygen atoms in total. The summed E-state index contributed by atoms with van der Waals surface area (Å²) in [6.07, 6.45) is 6.81. The highest BCUT2D eigenvalue weighted by atomic mass is 15.2. The zero-order chi connectivity index (χ0) is 14.5. The van der Waals surface area contributed by atoms with E-state index >= 15 is 0 Å². The molecule has 1 unspecified atom stereocenters. The van der Waals surface area contributed by atoms with Gasteiger partial charge >= 0.3 is 0 Å². The number of benzene rings is 1. The lowest BCUT2D eigenvalue weighted by molar-refractivity contribution is 0.114. The van der Waals surface area contributed by atoms with Crippen molar-refractivity contribution in [1.82, 2.24) is 10.2 Å². The van der Waals surface area contributed by atoms with E-state index < -0.39 is 0 Å². The molecule has 0 radical (unpaired) electrons. The second kappa shape index (κ2) is 6.93. The summed E-state index contributed by atoms with van der Waals surface area (Å²) in [5.41, 5.74) is 2.13. The summed E-state index contributed by atoms with van der Waals surface area (Å²) < 4.78 is 0. The van der Waals surface area contributed by atoms with E-state index in [2.05, 4.69) is 47.5 Å². The first-order valence-corrected chi connectivity index (χ1v) is 8.79. The third-order valence-electron chi connectivity index (χ3n) is 5.55. The van der Waals surface area contributed by atoms with Gasteiger partial charge in [0.2, 0.25) is 0 Å². The smallest absolute Gasteiger partial charge is 0.00510 e. The molecule has 0 aliphatic carbocycles. The molecule has 2 aliphatic rings. The fraction of sp³-hybridized carbons (Fsp3) is 0.684. The summed E-state index contributed by atoms with van der Waals surface area (Å²) in [6.45, 7) is 8.67. The van der Waals surface area contributed by atoms with E-state index in [0.717, 1.165) is 5.92 Å². The first kappa shape index (κ1) is 15.1. The van der Waals surface area contributed by atoms with Crippen LogP contribution in [0.2, 0.25) is 0 Å². The van der Waals surface area contributed by atoms with Crippen LogP contribution in [-0.2, 0) is 0 Å². The summed E-state index contributed by atoms with van der Waals surface area (Å²) in [6, 6.07) is 11.1. The lowest BCUT2D eigenvalue weighted by atomic mass is 9.75. The summed E-state index contributed by atoms with van der Waals surface area (Å²) in [7, 11) is 0. The first-order valence-electron chi connectivity index (χ1n) is 8.79. The topological polar surface area (TPSA) is 15.3 Å². The Bertz CT molecular complexity index is 417. The fourth-order valence-corrected chi connectivity index (χ4v) is 4.42. The van der Waals surface area contributed by atoms with Crippen LogP contribution in [0.25, 0.3) is 0 Å². The first-order chi connectivity index (χ1) is 10.3. The van der Waals surface area contributed by atoms with Gasteiger partial charge < -0.3 is 10.2 Å². The minimum absolute atomic E-state index is 0.589. The Kier molecular flexibility index (Phi) is 4.97. The molecule has 0 aromatic heterocycles. The third-order valence-corrected chi connectivity index (χ3v) is 5.55. The van der Waals surface area contributed by atoms with Gasteiger partial charge in [0.05, 0.1) is 0 Å². The summed E-state index contributed by atoms with van der Waals surface area (Å²) in [5.74, 6) is 0.756. The second-order valence-corrected chi connectivity index (χ2v) is 7.13. The third kappa shape index (κ3) is 3.67. The van der Waals surface area contributed by atoms with Gasteiger partial charge in [0.15, 0.2) is 0 Å². The molecule has 1 aromatic carbocycles. The Balaban J connectivity index is 1.60. The lowest BCUT2D eigenvalue weighted by Crippen LogP contribution is -2.44. The van der Waals surface area contributed by atoms with Gasteiger partial charge in [-0.05, 0) is 62.2 Å². The van der Waals surface area contributed by atoms with Crippen LogP contribution in [0, 0.1) is 5.41 Å². The maximum absolute atomic E-state index is 3.54. The molecular formula is C19H30N2. The predicted molar refractivity (Wildman–Crippen MR) is 89.7 cm³/mol. The van der Waals surface area contributed by atoms with Crippen LogP contribution >= 0.6 is 0 Å². The van der Waals surface area contributed by atoms with Crippen molar-refractivity contribution in [3.63, 3.8) is 0 Å². The van der Waals surface area contributed by atoms with Gasteiger partial charge in [-0.25, -0.2) is 0 Å². The highest BCUT2D eigenvalue weighted by Crippen LogP contribution is 2.37. The van der Waals surface area contributed by atoms with Crippen molar-refractivity contribution < 1.29 is 0 Å². The molecule has 2 fully saturated rings. The fourth-order valence-electron chi connectivity index (χ4n) is 4.42. The molecule has 2 heteroatoms. The molecule has 116 valence electrons. The molecular weight excluding hydrogens is 256 g/mol. The van der Waals surface area contributed by atoms with Crippen LogP contribution in [0.5, 0.6) is 0 Å². The van der Waals surface area contributed by atoms with Gasteiger partial charge in [-0.1, -0.05) is 43.7 Å². The number of piperidine rings is 1. The van der Waals surface area contributed by atoms with Crippen molar-refractivity contribution >= 4 is 0 Å². The van der Waals surface area contributed by atoms with E-state index in [4.69, 9.17) is 0 Å². The Hall–Kier alpha value is -0.860. The average Bonchev–Trinajstić information content (AvgIpc) is 2.97. The lowest BCUT2D eigenvalue weighted by Gasteiger charge is -2.40. The number of hydrogen-bond acceptors (Lipinski definition) is 2. The molecule has 2 aliphatic heterocycles. The van der Waals surface area contributed by atoms with E-state index in [0.29, 0.717) is 5.41 Å². The van der Waals surface area contributed by atoms with Crippen LogP contribution < -0.4 is 5.32 Å². The number of likely N-dealkylation sites (tertiary alicyclic amines) is 1. The van der Waals surface area contributed by atoms with Gasteiger partial charge in [-0.2, -0.15) is 0 Å². The van der Waals surface area contributed by atoms with E-state index in [1.54, 1.807) is 0 Å². The van der Waals surface area contributed by atoms with Crippen LogP contribution in [-0.4, -0.2) is 37.6 Å². The maximum atomic E-state index is 3.54. The number of nitrogens with one attached hydrogen (secondary N) is 1. The van der Waals surface area contributed by atoms with Crippen LogP contribution in [0.4, 0.5) is 0 Å². The van der Waals surface area contributed by atoms with E-state index in [-0.39, 0.29) is 0 Å². The number of hydrogen-bond donors (Lipinski definition) is 1. The highest BCUT2D eigenvalue weighted by molar-refractivity contribution is 5.21. The Labute approximate surface area is 129 Å². The molecule has 3 rings (SSSR count). The van der Waals surface area contributed by atoms with Crippen molar-refractivity contribution in [2.45, 2.75) is 44.9 Å². The van der Waals surface area contributed by atoms with Crippen molar-refractivity contribution in [2.24, 2.45) is 5.41 Å². The van der Waals surface area contributed by atoms with Gasteiger partial charge in [-0.15, -0.1) is 0 Å². The minimum Gasteiger partial charge on any atom is -0.317 e. The SMILES string of the molecule is CCCC1(CN2CCC(c3ccccc3)C2)CCNCC1. The highest BCUT2D eigenvalue weighted by Gasteiger charge is 2.35. The minimum atomic E-state index is 0.589. The molecule has 0 saturated carbocycles. The van der Waals surface area contributed by atoms with Gasteiger partial charge in [0.1, 0.15) is 0 Å². The van der Waals surface area contributed by atoms with E-state index in [9.17, 15) is 0 Å². The monoisotopic (exact) mass is 286 g/mol. The zero-order valence-corrected chi connectivity index (χ0v) is 13.5. The van der Waals surface area contributed by atoms with E-state index in [1.807, 2.05) is 0 Å². The van der Waals surface area contributed by atoms with E-state index in [1.165, 1.54) is 70.4 Å². The van der Waals surface area contributed by atoms with Crippen molar-refractivity contribution in [3.8, 4) is 0 Å². The van der Waals surface area contributed by atoms with Gasteiger partial charge in [0, 0.05) is 13.1 Å². The molecule has 2 saturated heterocycles. The Morgan fingerprint density at radius 2 is 1.95 bits per heavy atom. The summed E-state index contributed by atoms with van der Waals surface area (Å²) in [4.78, 5) is 2.75. The van der Waals surface area contributed by atoms with Gasteiger partial charge in [0.25, 0.3) is 0 Å². The van der Waals surface area contributed by atoms with Crippen LogP contribution in [0.3, 0.4) is 0 Å². The van der Waals surface area contributed by atoms with Crippen LogP contribution in [0.1, 0.15) is 50.5 Å². The second-order valence-electron chi connectivity index (χ2n) is 7.13. The molecule has 21 heavy (non-hydrogen) atoms. The average molecular weight is 286 g/mol. The molecule has 1 atom stereocenters. The Morgan fingerprint density at radius 3 is 2.67 bits per heavy atom.